The summed E-state index contributed by atoms with van der Waals surface area (Å²) < 4.78 is 111. The number of phosphoric ester groups is 1. The van der Waals surface area contributed by atoms with E-state index >= 15 is 0 Å². The zero-order chi connectivity index (χ0) is 29.4. The minimum absolute atomic E-state index is 0.505. The quantitative estimate of drug-likeness (QED) is 0.190. The summed E-state index contributed by atoms with van der Waals surface area (Å²) in [5.41, 5.74) is 3.36. The molecule has 1 aromatic heterocycles. The van der Waals surface area contributed by atoms with E-state index in [0.29, 0.717) is 0 Å². The number of nitrogen functional groups attached to an aromatic ring is 1. The highest BCUT2D eigenvalue weighted by Crippen LogP contribution is 2.66. The number of ether oxygens (including phenoxy) is 1. The van der Waals surface area contributed by atoms with Crippen molar-refractivity contribution >= 4 is 29.3 Å². The molecule has 0 aliphatic carbocycles. The number of aromatic nitrogens is 2. The third-order valence-electron chi connectivity index (χ3n) is 2.42. The first-order chi connectivity index (χ1) is 16.1. The predicted octanol–water partition coefficient (Wildman–Crippen LogP) is -2.21. The first kappa shape index (κ1) is 14.9. The maximum absolute atomic E-state index is 12.3. The maximum Gasteiger partial charge on any atom is 0.490 e. The highest BCUT2D eigenvalue weighted by Gasteiger charge is 2.46. The number of hydrogen-bond acceptors (Lipinski definition) is 12. The summed E-state index contributed by atoms with van der Waals surface area (Å²) in [4.78, 5) is 51.0. The normalized spacial score (nSPS) is 43.9. The van der Waals surface area contributed by atoms with Gasteiger partial charge in [0.05, 0.1) is 17.5 Å². The molecule has 0 amide bonds. The van der Waals surface area contributed by atoms with Crippen LogP contribution >= 0.6 is 23.5 Å². The summed E-state index contributed by atoms with van der Waals surface area (Å²) >= 11 is 0. The summed E-state index contributed by atoms with van der Waals surface area (Å²) in [6.07, 6.45) is -19.0. The van der Waals surface area contributed by atoms with E-state index < -0.39 is 82.8 Å². The number of anilines is 1. The second-order valence-corrected chi connectivity index (χ2v) is 8.91. The van der Waals surface area contributed by atoms with Gasteiger partial charge in [-0.2, -0.15) is 13.6 Å². The fourth-order valence-corrected chi connectivity index (χ4v) is 4.34. The minimum atomic E-state index is -6.48. The Morgan fingerprint density at radius 1 is 1.24 bits per heavy atom. The molecule has 1 aliphatic rings. The molecule has 166 valence electrons. The van der Waals surface area contributed by atoms with E-state index in [0.717, 1.165) is 0 Å². The Morgan fingerprint density at radius 2 is 1.86 bits per heavy atom. The SMILES string of the molecule is [2H]c1c(N)nc(=O)n([C@]2([2H])O[C@]([2H])(C([2H])([2H])OP(=O)(O)OP(=O)(O)OP(=O)(O)O)[C@@]([2H])(O)[C@@]2([2H])O)c1[2H]. The molecule has 2 heterocycles. The third-order valence-corrected chi connectivity index (χ3v) is 6.07. The second-order valence-electron chi connectivity index (χ2n) is 4.57. The van der Waals surface area contributed by atoms with E-state index in [2.05, 4.69) is 22.9 Å². The average molecular weight is 491 g/mol. The monoisotopic (exact) mass is 491 g/mol. The van der Waals surface area contributed by atoms with Gasteiger partial charge in [0.1, 0.15) is 24.1 Å². The van der Waals surface area contributed by atoms with Crippen LogP contribution in [0.2, 0.25) is 0 Å². The molecule has 0 aromatic carbocycles. The van der Waals surface area contributed by atoms with Crippen molar-refractivity contribution in [3.8, 4) is 0 Å². The molecule has 8 N–H and O–H groups in total. The molecule has 0 bridgehead atoms. The van der Waals surface area contributed by atoms with Gasteiger partial charge in [-0.1, -0.05) is 0 Å². The van der Waals surface area contributed by atoms with Gasteiger partial charge in [-0.25, -0.2) is 18.5 Å². The first-order valence-electron chi connectivity index (χ1n) is 10.4. The molecule has 0 radical (unpaired) electrons. The van der Waals surface area contributed by atoms with Gasteiger partial charge in [-0.15, -0.1) is 0 Å². The molecule has 2 rings (SSSR count). The van der Waals surface area contributed by atoms with Crippen molar-refractivity contribution in [1.82, 2.24) is 9.55 Å². The molecule has 1 aromatic rings. The molecular weight excluding hydrogens is 467 g/mol. The molecule has 1 fully saturated rings. The molecule has 29 heavy (non-hydrogen) atoms. The first-order valence-corrected chi connectivity index (χ1v) is 11.0. The molecular formula is C9H16N3O14P3. The van der Waals surface area contributed by atoms with Crippen molar-refractivity contribution in [2.45, 2.75) is 24.4 Å². The average Bonchev–Trinajstić information content (AvgIpc) is 2.71. The van der Waals surface area contributed by atoms with Crippen molar-refractivity contribution in [2.24, 2.45) is 0 Å². The second kappa shape index (κ2) is 8.61. The number of nitrogens with zero attached hydrogens (tertiary/aromatic N) is 2. The largest absolute Gasteiger partial charge is 0.490 e. The van der Waals surface area contributed by atoms with Gasteiger partial charge in [0.15, 0.2) is 6.20 Å². The van der Waals surface area contributed by atoms with E-state index in [9.17, 15) is 33.6 Å². The lowest BCUT2D eigenvalue weighted by molar-refractivity contribution is -0.0541. The predicted molar refractivity (Wildman–Crippen MR) is 88.6 cm³/mol. The van der Waals surface area contributed by atoms with Gasteiger partial charge in [-0.05, 0) is 6.04 Å². The molecule has 6 atom stereocenters. The van der Waals surface area contributed by atoms with E-state index in [-0.39, 0.29) is 0 Å². The van der Waals surface area contributed by atoms with E-state index in [1.165, 1.54) is 0 Å². The molecule has 1 aliphatic heterocycles. The molecule has 0 saturated carbocycles. The van der Waals surface area contributed by atoms with Crippen LogP contribution in [0, 0.1) is 0 Å². The van der Waals surface area contributed by atoms with Crippen LogP contribution in [0.5, 0.6) is 0 Å². The Labute approximate surface area is 172 Å². The third kappa shape index (κ3) is 6.73. The topological polar surface area (TPSA) is 270 Å². The van der Waals surface area contributed by atoms with Crippen LogP contribution in [0.4, 0.5) is 5.82 Å². The highest BCUT2D eigenvalue weighted by atomic mass is 31.3. The van der Waals surface area contributed by atoms with Crippen LogP contribution in [-0.4, -0.2) is 64.1 Å². The lowest BCUT2D eigenvalue weighted by atomic mass is 10.1. The van der Waals surface area contributed by atoms with Crippen LogP contribution in [-0.2, 0) is 31.6 Å². The van der Waals surface area contributed by atoms with Crippen LogP contribution in [0.1, 0.15) is 17.2 Å². The van der Waals surface area contributed by atoms with Gasteiger partial charge in [0.25, 0.3) is 0 Å². The fraction of sp³-hybridized carbons (Fsp3) is 0.556. The van der Waals surface area contributed by atoms with E-state index in [4.69, 9.17) is 31.4 Å². The Hall–Kier alpha value is -1.03. The Bertz CT molecular complexity index is 1320. The van der Waals surface area contributed by atoms with Crippen LogP contribution in [0.15, 0.2) is 17.0 Å². The van der Waals surface area contributed by atoms with Gasteiger partial charge in [0, 0.05) is 6.17 Å². The van der Waals surface area contributed by atoms with Crippen molar-refractivity contribution in [1.29, 1.82) is 0 Å². The standard InChI is InChI=1S/C9H16N3O14P3/c10-5-1-2-12(9(15)11-5)8-7(14)6(13)4(24-8)3-23-28(19,20)26-29(21,22)25-27(16,17)18/h1-2,4,6-8,13-14H,3H2,(H,19,20)(H,21,22)(H2,10,11,15)(H2,16,17,18)/t4-,6-,7-,8-/m1/s1/i1D,2D,3D2,4D,6D,7D,8D. The minimum Gasteiger partial charge on any atom is -0.387 e. The number of rotatable bonds is 8. The zero-order valence-electron chi connectivity index (χ0n) is 21.3. The number of phosphoric acid groups is 3. The summed E-state index contributed by atoms with van der Waals surface area (Å²) in [6, 6.07) is -1.14. The van der Waals surface area contributed by atoms with E-state index in [1.54, 1.807) is 0 Å². The summed E-state index contributed by atoms with van der Waals surface area (Å²) in [5.74, 6) is -0.914. The molecule has 2 unspecified atom stereocenters. The van der Waals surface area contributed by atoms with Crippen LogP contribution in [0.3, 0.4) is 0 Å². The van der Waals surface area contributed by atoms with E-state index in [1.807, 2.05) is 0 Å². The van der Waals surface area contributed by atoms with Gasteiger partial charge in [-0.3, -0.25) is 9.09 Å². The van der Waals surface area contributed by atoms with Crippen LogP contribution in [0.25, 0.3) is 0 Å². The molecule has 0 spiro atoms. The number of hydrogen-bond donors (Lipinski definition) is 7. The Kier molecular flexibility index (Phi) is 4.42. The van der Waals surface area contributed by atoms with Crippen molar-refractivity contribution in [3.05, 3.63) is 22.7 Å². The number of aliphatic hydroxyl groups is 2. The van der Waals surface area contributed by atoms with Gasteiger partial charge in [0.2, 0.25) is 0 Å². The van der Waals surface area contributed by atoms with Gasteiger partial charge < -0.3 is 40.3 Å². The number of nitrogens with two attached hydrogens (primary N) is 1. The molecule has 1 saturated heterocycles. The van der Waals surface area contributed by atoms with Crippen molar-refractivity contribution < 1.29 is 72.3 Å². The highest BCUT2D eigenvalue weighted by molar-refractivity contribution is 7.66. The lowest BCUT2D eigenvalue weighted by Gasteiger charge is -2.19. The van der Waals surface area contributed by atoms with Gasteiger partial charge >= 0.3 is 29.2 Å². The van der Waals surface area contributed by atoms with Crippen molar-refractivity contribution in [2.75, 3.05) is 12.3 Å². The molecule has 17 nitrogen and oxygen atoms in total. The zero-order valence-corrected chi connectivity index (χ0v) is 15.9. The lowest BCUT2D eigenvalue weighted by Crippen LogP contribution is -2.36. The summed E-state index contributed by atoms with van der Waals surface area (Å²) in [7, 11) is -18.6. The summed E-state index contributed by atoms with van der Waals surface area (Å²) in [5, 5.41) is 20.9. The Morgan fingerprint density at radius 3 is 2.45 bits per heavy atom. The smallest absolute Gasteiger partial charge is 0.387 e. The van der Waals surface area contributed by atoms with Crippen LogP contribution < -0.4 is 11.4 Å². The summed E-state index contributed by atoms with van der Waals surface area (Å²) in [6.45, 7) is -4.58. The fourth-order valence-electron chi connectivity index (χ4n) is 1.50. The molecule has 20 heteroatoms. The Balaban J connectivity index is 2.64. The maximum atomic E-state index is 12.3. The van der Waals surface area contributed by atoms with Crippen molar-refractivity contribution in [3.63, 3.8) is 0 Å².